The predicted octanol–water partition coefficient (Wildman–Crippen LogP) is 3.81. The van der Waals surface area contributed by atoms with Crippen molar-refractivity contribution < 1.29 is 0 Å². The predicted molar refractivity (Wildman–Crippen MR) is 83.5 cm³/mol. The zero-order chi connectivity index (χ0) is 13.9. The van der Waals surface area contributed by atoms with Crippen LogP contribution in [0.15, 0.2) is 0 Å². The molecule has 0 aromatic heterocycles. The van der Waals surface area contributed by atoms with Gasteiger partial charge in [-0.2, -0.15) is 0 Å². The van der Waals surface area contributed by atoms with Crippen molar-refractivity contribution in [2.24, 2.45) is 5.92 Å². The fraction of sp³-hybridized carbons (Fsp3) is 1.00. The van der Waals surface area contributed by atoms with Gasteiger partial charge in [0.25, 0.3) is 0 Å². The zero-order valence-electron chi connectivity index (χ0n) is 13.6. The summed E-state index contributed by atoms with van der Waals surface area (Å²) < 4.78 is 0. The van der Waals surface area contributed by atoms with Crippen LogP contribution < -0.4 is 5.32 Å². The summed E-state index contributed by atoms with van der Waals surface area (Å²) in [5, 5.41) is 3.97. The molecule has 2 nitrogen and oxygen atoms in total. The minimum Gasteiger partial charge on any atom is -0.308 e. The maximum Gasteiger partial charge on any atom is 0.0329 e. The molecule has 1 atom stereocenters. The van der Waals surface area contributed by atoms with Crippen molar-refractivity contribution in [2.45, 2.75) is 83.7 Å². The lowest BCUT2D eigenvalue weighted by Gasteiger charge is -2.54. The van der Waals surface area contributed by atoms with Gasteiger partial charge in [0.15, 0.2) is 0 Å². The summed E-state index contributed by atoms with van der Waals surface area (Å²) in [7, 11) is 0. The van der Waals surface area contributed by atoms with Crippen LogP contribution in [0.1, 0.15) is 72.6 Å². The highest BCUT2D eigenvalue weighted by Gasteiger charge is 2.46. The first kappa shape index (κ1) is 15.3. The average molecular weight is 266 g/mol. The van der Waals surface area contributed by atoms with Crippen molar-refractivity contribution in [3.8, 4) is 0 Å². The van der Waals surface area contributed by atoms with E-state index < -0.39 is 0 Å². The summed E-state index contributed by atoms with van der Waals surface area (Å²) in [5.74, 6) is 0.828. The Kier molecular flexibility index (Phi) is 4.94. The second kappa shape index (κ2) is 6.13. The highest BCUT2D eigenvalue weighted by Crippen LogP contribution is 2.38. The third-order valence-corrected chi connectivity index (χ3v) is 6.06. The van der Waals surface area contributed by atoms with E-state index in [-0.39, 0.29) is 0 Å². The smallest absolute Gasteiger partial charge is 0.0329 e. The van der Waals surface area contributed by atoms with Gasteiger partial charge in [-0.3, -0.25) is 4.90 Å². The van der Waals surface area contributed by atoms with E-state index in [9.17, 15) is 0 Å². The largest absolute Gasteiger partial charge is 0.308 e. The molecule has 0 radical (unpaired) electrons. The van der Waals surface area contributed by atoms with Crippen LogP contribution in [0, 0.1) is 5.92 Å². The first-order valence-electron chi connectivity index (χ1n) is 8.60. The van der Waals surface area contributed by atoms with Crippen LogP contribution in [-0.2, 0) is 0 Å². The average Bonchev–Trinajstić information content (AvgIpc) is 2.88. The molecule has 1 aliphatic carbocycles. The van der Waals surface area contributed by atoms with Crippen molar-refractivity contribution in [3.05, 3.63) is 0 Å². The Labute approximate surface area is 120 Å². The monoisotopic (exact) mass is 266 g/mol. The Morgan fingerprint density at radius 2 is 1.74 bits per heavy atom. The van der Waals surface area contributed by atoms with Crippen LogP contribution in [0.2, 0.25) is 0 Å². The Morgan fingerprint density at radius 3 is 2.26 bits per heavy atom. The van der Waals surface area contributed by atoms with Gasteiger partial charge in [0, 0.05) is 30.7 Å². The number of nitrogens with zero attached hydrogens (tertiary/aromatic N) is 1. The van der Waals surface area contributed by atoms with Gasteiger partial charge in [0.1, 0.15) is 0 Å². The van der Waals surface area contributed by atoms with Crippen molar-refractivity contribution in [1.29, 1.82) is 0 Å². The molecule has 1 heterocycles. The summed E-state index contributed by atoms with van der Waals surface area (Å²) in [6.45, 7) is 13.3. The SMILES string of the molecule is CCC(C)CN1CC2(CCCC2)NCC1(CC)CC. The molecule has 2 fully saturated rings. The van der Waals surface area contributed by atoms with Crippen LogP contribution in [0.25, 0.3) is 0 Å². The standard InChI is InChI=1S/C17H34N2/c1-5-15(4)12-19-14-16(10-8-9-11-16)18-13-17(19,6-2)7-3/h15,18H,5-14H2,1-4H3. The quantitative estimate of drug-likeness (QED) is 0.814. The lowest BCUT2D eigenvalue weighted by atomic mass is 9.81. The summed E-state index contributed by atoms with van der Waals surface area (Å²) in [5.41, 5.74) is 0.874. The molecule has 1 saturated heterocycles. The Morgan fingerprint density at radius 1 is 1.11 bits per heavy atom. The van der Waals surface area contributed by atoms with Crippen LogP contribution in [0.4, 0.5) is 0 Å². The van der Waals surface area contributed by atoms with E-state index >= 15 is 0 Å². The molecule has 0 aromatic rings. The lowest BCUT2D eigenvalue weighted by molar-refractivity contribution is -0.00944. The van der Waals surface area contributed by atoms with E-state index in [4.69, 9.17) is 0 Å². The Hall–Kier alpha value is -0.0800. The van der Waals surface area contributed by atoms with E-state index in [2.05, 4.69) is 37.9 Å². The van der Waals surface area contributed by atoms with Crippen molar-refractivity contribution >= 4 is 0 Å². The molecule has 0 bridgehead atoms. The van der Waals surface area contributed by atoms with E-state index in [0.717, 1.165) is 5.92 Å². The molecule has 2 rings (SSSR count). The zero-order valence-corrected chi connectivity index (χ0v) is 13.6. The van der Waals surface area contributed by atoms with Gasteiger partial charge < -0.3 is 5.32 Å². The van der Waals surface area contributed by atoms with Crippen LogP contribution in [0.3, 0.4) is 0 Å². The summed E-state index contributed by atoms with van der Waals surface area (Å²) in [4.78, 5) is 2.86. The summed E-state index contributed by atoms with van der Waals surface area (Å²) in [6.07, 6.45) is 9.51. The van der Waals surface area contributed by atoms with E-state index in [0.29, 0.717) is 11.1 Å². The van der Waals surface area contributed by atoms with E-state index in [1.54, 1.807) is 0 Å². The number of nitrogens with one attached hydrogen (secondary N) is 1. The van der Waals surface area contributed by atoms with E-state index in [1.165, 1.54) is 64.6 Å². The topological polar surface area (TPSA) is 15.3 Å². The maximum atomic E-state index is 3.97. The summed E-state index contributed by atoms with van der Waals surface area (Å²) in [6, 6.07) is 0. The normalized spacial score (nSPS) is 27.8. The molecule has 112 valence electrons. The second-order valence-corrected chi connectivity index (χ2v) is 7.17. The number of piperazine rings is 1. The Balaban J connectivity index is 2.13. The molecule has 1 aliphatic heterocycles. The van der Waals surface area contributed by atoms with Gasteiger partial charge in [-0.25, -0.2) is 0 Å². The number of hydrogen-bond acceptors (Lipinski definition) is 2. The van der Waals surface area contributed by atoms with E-state index in [1.807, 2.05) is 0 Å². The van der Waals surface area contributed by atoms with Crippen LogP contribution >= 0.6 is 0 Å². The highest BCUT2D eigenvalue weighted by atomic mass is 15.3. The number of hydrogen-bond donors (Lipinski definition) is 1. The fourth-order valence-electron chi connectivity index (χ4n) is 4.15. The van der Waals surface area contributed by atoms with Gasteiger partial charge in [-0.15, -0.1) is 0 Å². The van der Waals surface area contributed by atoms with Crippen LogP contribution in [0.5, 0.6) is 0 Å². The van der Waals surface area contributed by atoms with Gasteiger partial charge in [0.2, 0.25) is 0 Å². The van der Waals surface area contributed by atoms with Crippen molar-refractivity contribution in [1.82, 2.24) is 10.2 Å². The minimum atomic E-state index is 0.414. The van der Waals surface area contributed by atoms with Gasteiger partial charge >= 0.3 is 0 Å². The third-order valence-electron chi connectivity index (χ3n) is 6.06. The van der Waals surface area contributed by atoms with Crippen molar-refractivity contribution in [3.63, 3.8) is 0 Å². The molecule has 1 saturated carbocycles. The summed E-state index contributed by atoms with van der Waals surface area (Å²) >= 11 is 0. The fourth-order valence-corrected chi connectivity index (χ4v) is 4.15. The van der Waals surface area contributed by atoms with Gasteiger partial charge in [0.05, 0.1) is 0 Å². The van der Waals surface area contributed by atoms with Gasteiger partial charge in [-0.05, 0) is 31.6 Å². The molecule has 19 heavy (non-hydrogen) atoms. The molecule has 0 amide bonds. The molecular formula is C17H34N2. The molecule has 0 aromatic carbocycles. The lowest BCUT2D eigenvalue weighted by Crippen LogP contribution is -2.69. The first-order chi connectivity index (χ1) is 9.10. The molecule has 2 heteroatoms. The second-order valence-electron chi connectivity index (χ2n) is 7.17. The highest BCUT2D eigenvalue weighted by molar-refractivity contribution is 5.06. The molecule has 1 unspecified atom stereocenters. The first-order valence-corrected chi connectivity index (χ1v) is 8.60. The third kappa shape index (κ3) is 3.00. The molecule has 1 spiro atoms. The van der Waals surface area contributed by atoms with Gasteiger partial charge in [-0.1, -0.05) is 47.0 Å². The van der Waals surface area contributed by atoms with Crippen LogP contribution in [-0.4, -0.2) is 35.6 Å². The maximum absolute atomic E-state index is 3.97. The van der Waals surface area contributed by atoms with Crippen molar-refractivity contribution in [2.75, 3.05) is 19.6 Å². The molecule has 2 aliphatic rings. The number of rotatable bonds is 5. The molecule has 1 N–H and O–H groups in total. The minimum absolute atomic E-state index is 0.414. The Bertz CT molecular complexity index is 277. The molecular weight excluding hydrogens is 232 g/mol.